The third-order valence-corrected chi connectivity index (χ3v) is 5.58. The first-order valence-electron chi connectivity index (χ1n) is 11.6. The summed E-state index contributed by atoms with van der Waals surface area (Å²) >= 11 is 0. The SMILES string of the molecule is CC(C)[C@@H](C[C@H](O)[C@@H](N)Cc1ccccc1)C(=O)NCCCNC(=O)OCc1ccccc1. The van der Waals surface area contributed by atoms with E-state index >= 15 is 0 Å². The van der Waals surface area contributed by atoms with Gasteiger partial charge in [0.1, 0.15) is 6.61 Å². The second-order valence-corrected chi connectivity index (χ2v) is 8.64. The van der Waals surface area contributed by atoms with Gasteiger partial charge in [-0.05, 0) is 36.3 Å². The van der Waals surface area contributed by atoms with Gasteiger partial charge in [-0.15, -0.1) is 0 Å². The van der Waals surface area contributed by atoms with Gasteiger partial charge in [0.2, 0.25) is 5.91 Å². The van der Waals surface area contributed by atoms with E-state index in [-0.39, 0.29) is 24.3 Å². The maximum atomic E-state index is 12.7. The van der Waals surface area contributed by atoms with Gasteiger partial charge in [-0.1, -0.05) is 74.5 Å². The Kier molecular flexibility index (Phi) is 11.4. The number of hydrogen-bond acceptors (Lipinski definition) is 5. The maximum Gasteiger partial charge on any atom is 0.407 e. The van der Waals surface area contributed by atoms with Crippen LogP contribution in [0.25, 0.3) is 0 Å². The highest BCUT2D eigenvalue weighted by atomic mass is 16.5. The fourth-order valence-corrected chi connectivity index (χ4v) is 3.53. The van der Waals surface area contributed by atoms with Crippen molar-refractivity contribution in [3.63, 3.8) is 0 Å². The number of hydrogen-bond donors (Lipinski definition) is 4. The number of aliphatic hydroxyl groups is 1. The van der Waals surface area contributed by atoms with Crippen molar-refractivity contribution in [1.82, 2.24) is 10.6 Å². The highest BCUT2D eigenvalue weighted by Crippen LogP contribution is 2.20. The minimum absolute atomic E-state index is 0.0645. The van der Waals surface area contributed by atoms with Crippen molar-refractivity contribution in [1.29, 1.82) is 0 Å². The Hall–Kier alpha value is -2.90. The first kappa shape index (κ1) is 26.4. The lowest BCUT2D eigenvalue weighted by Crippen LogP contribution is -2.42. The second-order valence-electron chi connectivity index (χ2n) is 8.64. The summed E-state index contributed by atoms with van der Waals surface area (Å²) in [5, 5.41) is 16.2. The van der Waals surface area contributed by atoms with E-state index in [0.717, 1.165) is 11.1 Å². The third kappa shape index (κ3) is 10.1. The largest absolute Gasteiger partial charge is 0.445 e. The smallest absolute Gasteiger partial charge is 0.407 e. The molecule has 2 rings (SSSR count). The van der Waals surface area contributed by atoms with Gasteiger partial charge in [0.05, 0.1) is 6.10 Å². The van der Waals surface area contributed by atoms with E-state index in [2.05, 4.69) is 10.6 Å². The minimum Gasteiger partial charge on any atom is -0.445 e. The van der Waals surface area contributed by atoms with Gasteiger partial charge in [0.15, 0.2) is 0 Å². The van der Waals surface area contributed by atoms with Crippen LogP contribution in [0.3, 0.4) is 0 Å². The molecule has 2 aromatic rings. The summed E-state index contributed by atoms with van der Waals surface area (Å²) in [7, 11) is 0. The van der Waals surface area contributed by atoms with Crippen LogP contribution in [0.5, 0.6) is 0 Å². The van der Waals surface area contributed by atoms with Crippen LogP contribution in [-0.4, -0.2) is 42.3 Å². The molecule has 0 aliphatic carbocycles. The molecule has 0 aromatic heterocycles. The molecule has 0 fully saturated rings. The van der Waals surface area contributed by atoms with Gasteiger partial charge >= 0.3 is 6.09 Å². The summed E-state index contributed by atoms with van der Waals surface area (Å²) < 4.78 is 5.16. The Morgan fingerprint density at radius 3 is 2.12 bits per heavy atom. The van der Waals surface area contributed by atoms with E-state index in [0.29, 0.717) is 32.4 Å². The Labute approximate surface area is 196 Å². The lowest BCUT2D eigenvalue weighted by atomic mass is 9.86. The number of benzene rings is 2. The normalized spacial score (nSPS) is 13.7. The topological polar surface area (TPSA) is 114 Å². The number of alkyl carbamates (subject to hydrolysis) is 1. The number of carbonyl (C=O) groups is 2. The zero-order valence-corrected chi connectivity index (χ0v) is 19.6. The minimum atomic E-state index is -0.774. The van der Waals surface area contributed by atoms with Gasteiger partial charge in [0, 0.05) is 25.0 Å². The van der Waals surface area contributed by atoms with E-state index in [1.807, 2.05) is 74.5 Å². The molecule has 0 saturated carbocycles. The highest BCUT2D eigenvalue weighted by Gasteiger charge is 2.27. The van der Waals surface area contributed by atoms with Gasteiger partial charge in [0.25, 0.3) is 0 Å². The molecule has 5 N–H and O–H groups in total. The Morgan fingerprint density at radius 1 is 0.939 bits per heavy atom. The van der Waals surface area contributed by atoms with Gasteiger partial charge in [-0.3, -0.25) is 4.79 Å². The summed E-state index contributed by atoms with van der Waals surface area (Å²) in [4.78, 5) is 24.4. The van der Waals surface area contributed by atoms with Crippen LogP contribution in [0.4, 0.5) is 4.79 Å². The summed E-state index contributed by atoms with van der Waals surface area (Å²) in [6.45, 7) is 4.96. The molecule has 0 saturated heterocycles. The molecule has 7 heteroatoms. The lowest BCUT2D eigenvalue weighted by molar-refractivity contribution is -0.127. The van der Waals surface area contributed by atoms with E-state index in [1.54, 1.807) is 0 Å². The molecule has 0 unspecified atom stereocenters. The second kappa shape index (κ2) is 14.3. The van der Waals surface area contributed by atoms with Crippen LogP contribution in [0.15, 0.2) is 60.7 Å². The molecule has 2 amide bonds. The van der Waals surface area contributed by atoms with Crippen molar-refractivity contribution >= 4 is 12.0 Å². The third-order valence-electron chi connectivity index (χ3n) is 5.58. The zero-order valence-electron chi connectivity index (χ0n) is 19.6. The molecule has 180 valence electrons. The fraction of sp³-hybridized carbons (Fsp3) is 0.462. The number of nitrogens with one attached hydrogen (secondary N) is 2. The van der Waals surface area contributed by atoms with Crippen molar-refractivity contribution in [2.45, 2.75) is 51.9 Å². The fourth-order valence-electron chi connectivity index (χ4n) is 3.53. The number of nitrogens with two attached hydrogens (primary N) is 1. The molecule has 0 radical (unpaired) electrons. The summed E-state index contributed by atoms with van der Waals surface area (Å²) in [6, 6.07) is 18.8. The van der Waals surface area contributed by atoms with Crippen LogP contribution < -0.4 is 16.4 Å². The van der Waals surface area contributed by atoms with Crippen LogP contribution in [-0.2, 0) is 22.6 Å². The van der Waals surface area contributed by atoms with Gasteiger partial charge in [-0.2, -0.15) is 0 Å². The molecular formula is C26H37N3O4. The maximum absolute atomic E-state index is 12.7. The first-order chi connectivity index (χ1) is 15.9. The molecule has 0 spiro atoms. The molecule has 0 bridgehead atoms. The van der Waals surface area contributed by atoms with Crippen molar-refractivity contribution < 1.29 is 19.4 Å². The van der Waals surface area contributed by atoms with Crippen molar-refractivity contribution in [2.75, 3.05) is 13.1 Å². The molecule has 3 atom stereocenters. The van der Waals surface area contributed by atoms with Crippen molar-refractivity contribution in [3.8, 4) is 0 Å². The van der Waals surface area contributed by atoms with E-state index < -0.39 is 18.2 Å². The van der Waals surface area contributed by atoms with Crippen LogP contribution in [0.1, 0.15) is 37.8 Å². The lowest BCUT2D eigenvalue weighted by Gasteiger charge is -2.26. The van der Waals surface area contributed by atoms with Crippen LogP contribution in [0, 0.1) is 11.8 Å². The van der Waals surface area contributed by atoms with Gasteiger partial charge < -0.3 is 26.2 Å². The first-order valence-corrected chi connectivity index (χ1v) is 11.6. The van der Waals surface area contributed by atoms with Gasteiger partial charge in [-0.25, -0.2) is 4.79 Å². The summed E-state index contributed by atoms with van der Waals surface area (Å²) in [5.74, 6) is -0.386. The number of aliphatic hydroxyl groups excluding tert-OH is 1. The molecule has 7 nitrogen and oxygen atoms in total. The van der Waals surface area contributed by atoms with E-state index in [1.165, 1.54) is 0 Å². The number of rotatable bonds is 13. The Bertz CT molecular complexity index is 830. The summed E-state index contributed by atoms with van der Waals surface area (Å²) in [5.41, 5.74) is 8.18. The zero-order chi connectivity index (χ0) is 24.1. The Morgan fingerprint density at radius 2 is 1.52 bits per heavy atom. The predicted octanol–water partition coefficient (Wildman–Crippen LogP) is 3.01. The van der Waals surface area contributed by atoms with E-state index in [4.69, 9.17) is 10.5 Å². The number of amides is 2. The van der Waals surface area contributed by atoms with E-state index in [9.17, 15) is 14.7 Å². The Balaban J connectivity index is 1.66. The standard InChI is InChI=1S/C26H37N3O4/c1-19(2)22(17-24(30)23(27)16-20-10-5-3-6-11-20)25(31)28-14-9-15-29-26(32)33-18-21-12-7-4-8-13-21/h3-8,10-13,19,22-24,30H,9,14-18,27H2,1-2H3,(H,28,31)(H,29,32)/t22-,23+,24+/m1/s1. The molecule has 0 aliphatic rings. The number of ether oxygens (including phenoxy) is 1. The number of carbonyl (C=O) groups excluding carboxylic acids is 2. The summed E-state index contributed by atoms with van der Waals surface area (Å²) in [6.07, 6.45) is 0.180. The molecule has 0 aliphatic heterocycles. The quantitative estimate of drug-likeness (QED) is 0.347. The van der Waals surface area contributed by atoms with Crippen molar-refractivity contribution in [2.24, 2.45) is 17.6 Å². The predicted molar refractivity (Wildman–Crippen MR) is 129 cm³/mol. The van der Waals surface area contributed by atoms with Crippen molar-refractivity contribution in [3.05, 3.63) is 71.8 Å². The average molecular weight is 456 g/mol. The average Bonchev–Trinajstić information content (AvgIpc) is 2.81. The molecule has 0 heterocycles. The van der Waals surface area contributed by atoms with Crippen LogP contribution >= 0.6 is 0 Å². The monoisotopic (exact) mass is 455 g/mol. The molecule has 2 aromatic carbocycles. The molecule has 33 heavy (non-hydrogen) atoms. The molecular weight excluding hydrogens is 418 g/mol. The highest BCUT2D eigenvalue weighted by molar-refractivity contribution is 5.78. The van der Waals surface area contributed by atoms with Crippen LogP contribution in [0.2, 0.25) is 0 Å².